The molecular weight excluding hydrogens is 456 g/mol. The standard InChI is InChI=1S/H2O4S.8H2O.Th/c1-5(2,3)4;;;;;;;;;/h(H2,1,2,3,4);8*1H2;. The van der Waals surface area contributed by atoms with Gasteiger partial charge in [-0.3, -0.25) is 9.11 Å². The predicted octanol–water partition coefficient (Wildman–Crippen LogP) is -7.25. The minimum atomic E-state index is -4.67. The fraction of sp³-hybridized carbons (Fsp3) is 0. The van der Waals surface area contributed by atoms with E-state index in [-0.39, 0.29) is 83.7 Å². The van der Waals surface area contributed by atoms with Crippen molar-refractivity contribution in [2.24, 2.45) is 0 Å². The molecule has 0 atom stereocenters. The molecule has 0 amide bonds. The van der Waals surface area contributed by atoms with E-state index in [0.717, 1.165) is 0 Å². The molecule has 0 heterocycles. The van der Waals surface area contributed by atoms with Crippen molar-refractivity contribution in [2.45, 2.75) is 0 Å². The number of hydrogen-bond acceptors (Lipinski definition) is 2. The van der Waals surface area contributed by atoms with Gasteiger partial charge < -0.3 is 43.8 Å². The fourth-order valence-electron chi connectivity index (χ4n) is 0. The third-order valence-corrected chi connectivity index (χ3v) is 0. The van der Waals surface area contributed by atoms with Crippen LogP contribution in [0.3, 0.4) is 0 Å². The molecule has 0 aliphatic rings. The summed E-state index contributed by atoms with van der Waals surface area (Å²) in [7, 11) is -4.67. The molecule has 0 fully saturated rings. The van der Waals surface area contributed by atoms with Crippen LogP contribution in [0.2, 0.25) is 0 Å². The van der Waals surface area contributed by atoms with E-state index >= 15 is 0 Å². The van der Waals surface area contributed by atoms with Gasteiger partial charge in [0.05, 0.1) is 0 Å². The van der Waals surface area contributed by atoms with E-state index in [4.69, 9.17) is 17.5 Å². The molecule has 18 N–H and O–H groups in total. The van der Waals surface area contributed by atoms with Crippen LogP contribution in [-0.4, -0.2) is 61.3 Å². The average Bonchev–Trinajstić information content (AvgIpc) is 0.722. The Kier molecular flexibility index (Phi) is 419. The molecule has 12 nitrogen and oxygen atoms in total. The van der Waals surface area contributed by atoms with Gasteiger partial charge in [0.25, 0.3) is 0 Å². The van der Waals surface area contributed by atoms with Crippen LogP contribution in [0.15, 0.2) is 0 Å². The quantitative estimate of drug-likeness (QED) is 0.323. The summed E-state index contributed by atoms with van der Waals surface area (Å²) in [6, 6.07) is 0. The minimum absolute atomic E-state index is 0. The summed E-state index contributed by atoms with van der Waals surface area (Å²) in [5.74, 6) is 0. The summed E-state index contributed by atoms with van der Waals surface area (Å²) in [5, 5.41) is 0. The molecule has 0 radical (unpaired) electrons. The first-order chi connectivity index (χ1) is 2.00. The van der Waals surface area contributed by atoms with E-state index in [0.29, 0.717) is 0 Å². The maximum atomic E-state index is 8.74. The Balaban J connectivity index is -0.00000000222. The topological polar surface area (TPSA) is 327 Å². The van der Waals surface area contributed by atoms with Gasteiger partial charge in [0.2, 0.25) is 0 Å². The molecule has 14 heavy (non-hydrogen) atoms. The van der Waals surface area contributed by atoms with Gasteiger partial charge >= 0.3 is 10.4 Å². The second kappa shape index (κ2) is 48.7. The van der Waals surface area contributed by atoms with Crippen molar-refractivity contribution >= 4 is 10.4 Å². The summed E-state index contributed by atoms with van der Waals surface area (Å²) in [6.07, 6.45) is 0. The molecule has 0 aromatic carbocycles. The average molecular weight is 474 g/mol. The van der Waals surface area contributed by atoms with Crippen LogP contribution in [-0.2, 0) is 10.4 Å². The van der Waals surface area contributed by atoms with Gasteiger partial charge in [0.1, 0.15) is 0 Å². The maximum absolute atomic E-state index is 8.74. The molecule has 0 saturated carbocycles. The normalized spacial score (nSPS) is 4.14. The monoisotopic (exact) mass is 474 g/mol. The molecule has 0 aliphatic carbocycles. The van der Waals surface area contributed by atoms with Crippen LogP contribution >= 0.6 is 0 Å². The summed E-state index contributed by atoms with van der Waals surface area (Å²) in [6.45, 7) is 0. The first kappa shape index (κ1) is 121. The molecule has 0 aromatic heterocycles. The van der Waals surface area contributed by atoms with Crippen molar-refractivity contribution < 1.29 is 101 Å². The van der Waals surface area contributed by atoms with Gasteiger partial charge in [0, 0.05) is 39.9 Å². The molecule has 0 aliphatic heterocycles. The van der Waals surface area contributed by atoms with Gasteiger partial charge in [0.15, 0.2) is 0 Å². The van der Waals surface area contributed by atoms with Crippen LogP contribution < -0.4 is 0 Å². The molecule has 0 bridgehead atoms. The van der Waals surface area contributed by atoms with Crippen molar-refractivity contribution in [2.75, 3.05) is 0 Å². The van der Waals surface area contributed by atoms with Crippen LogP contribution in [0.5, 0.6) is 0 Å². The SMILES string of the molecule is O.O.O.O.O.O.O.O.O=S(=O)(O)O.[Th]. The Labute approximate surface area is 111 Å². The molecule has 0 aromatic rings. The van der Waals surface area contributed by atoms with Crippen LogP contribution in [0.4, 0.5) is 0 Å². The van der Waals surface area contributed by atoms with Crippen LogP contribution in [0.1, 0.15) is 0 Å². The van der Waals surface area contributed by atoms with Gasteiger partial charge in [-0.05, 0) is 0 Å². The van der Waals surface area contributed by atoms with Gasteiger partial charge in [-0.1, -0.05) is 0 Å². The molecule has 100 valence electrons. The molecule has 0 unspecified atom stereocenters. The van der Waals surface area contributed by atoms with E-state index in [1.807, 2.05) is 0 Å². The fourth-order valence-corrected chi connectivity index (χ4v) is 0. The van der Waals surface area contributed by atoms with E-state index < -0.39 is 10.4 Å². The smallest absolute Gasteiger partial charge is 0.394 e. The van der Waals surface area contributed by atoms with E-state index in [2.05, 4.69) is 0 Å². The zero-order valence-electron chi connectivity index (χ0n) is 6.62. The van der Waals surface area contributed by atoms with Gasteiger partial charge in [-0.25, -0.2) is 0 Å². The summed E-state index contributed by atoms with van der Waals surface area (Å²) < 4.78 is 31.6. The zero-order valence-corrected chi connectivity index (χ0v) is 11.5. The van der Waals surface area contributed by atoms with E-state index in [1.165, 1.54) is 0 Å². The molecular formula is H18O12STh. The summed E-state index contributed by atoms with van der Waals surface area (Å²) in [5.41, 5.74) is 0. The number of rotatable bonds is 0. The molecule has 14 heteroatoms. The Morgan fingerprint density at radius 2 is 0.571 bits per heavy atom. The first-order valence-corrected chi connectivity index (χ1v) is 2.10. The predicted molar refractivity (Wildman–Crippen MR) is 43.1 cm³/mol. The van der Waals surface area contributed by atoms with E-state index in [9.17, 15) is 0 Å². The van der Waals surface area contributed by atoms with Crippen molar-refractivity contribution in [3.63, 3.8) is 0 Å². The summed E-state index contributed by atoms with van der Waals surface area (Å²) >= 11 is 0. The third-order valence-electron chi connectivity index (χ3n) is 0. The van der Waals surface area contributed by atoms with E-state index in [1.54, 1.807) is 0 Å². The Morgan fingerprint density at radius 3 is 0.571 bits per heavy atom. The second-order valence-corrected chi connectivity index (χ2v) is 1.34. The number of hydrogen-bond donors (Lipinski definition) is 2. The molecule has 0 rings (SSSR count). The van der Waals surface area contributed by atoms with Crippen LogP contribution in [0.25, 0.3) is 0 Å². The van der Waals surface area contributed by atoms with Crippen molar-refractivity contribution in [1.29, 1.82) is 0 Å². The Morgan fingerprint density at radius 1 is 0.571 bits per heavy atom. The van der Waals surface area contributed by atoms with Gasteiger partial charge in [-0.15, -0.1) is 0 Å². The zero-order chi connectivity index (χ0) is 4.50. The second-order valence-electron chi connectivity index (χ2n) is 0.448. The van der Waals surface area contributed by atoms with Gasteiger partial charge in [-0.2, -0.15) is 8.42 Å². The van der Waals surface area contributed by atoms with Crippen LogP contribution in [0, 0.1) is 39.9 Å². The molecule has 0 saturated heterocycles. The minimum Gasteiger partial charge on any atom is -0.412 e. The maximum Gasteiger partial charge on any atom is 0.394 e. The Bertz CT molecular complexity index is 93.5. The first-order valence-electron chi connectivity index (χ1n) is 0.698. The largest absolute Gasteiger partial charge is 0.412 e. The van der Waals surface area contributed by atoms with Crippen molar-refractivity contribution in [3.05, 3.63) is 0 Å². The third kappa shape index (κ3) is 2370. The molecule has 0 spiro atoms. The van der Waals surface area contributed by atoms with Crippen molar-refractivity contribution in [1.82, 2.24) is 0 Å². The van der Waals surface area contributed by atoms with Crippen molar-refractivity contribution in [3.8, 4) is 0 Å². The summed E-state index contributed by atoms with van der Waals surface area (Å²) in [4.78, 5) is 0. The Hall–Kier alpha value is 0.875.